The summed E-state index contributed by atoms with van der Waals surface area (Å²) < 4.78 is 10.7. The van der Waals surface area contributed by atoms with Crippen molar-refractivity contribution < 1.29 is 23.9 Å². The molecule has 0 spiro atoms. The van der Waals surface area contributed by atoms with Crippen LogP contribution in [0.1, 0.15) is 49.5 Å². The molecular formula is C23H24N2O5. The van der Waals surface area contributed by atoms with E-state index in [1.807, 2.05) is 24.3 Å². The summed E-state index contributed by atoms with van der Waals surface area (Å²) in [6.07, 6.45) is 2.35. The summed E-state index contributed by atoms with van der Waals surface area (Å²) in [7, 11) is 1.62. The number of nitrogens with zero attached hydrogens (tertiary/aromatic N) is 1. The second-order valence-corrected chi connectivity index (χ2v) is 7.47. The molecule has 156 valence electrons. The van der Waals surface area contributed by atoms with Crippen LogP contribution in [0.3, 0.4) is 0 Å². The van der Waals surface area contributed by atoms with Gasteiger partial charge in [-0.15, -0.1) is 0 Å². The number of methoxy groups -OCH3 is 1. The first-order valence-corrected chi connectivity index (χ1v) is 10.1. The molecule has 30 heavy (non-hydrogen) atoms. The molecule has 1 atom stereocenters. The van der Waals surface area contributed by atoms with E-state index in [1.165, 1.54) is 11.0 Å². The molecule has 4 rings (SSSR count). The molecule has 7 heteroatoms. The van der Waals surface area contributed by atoms with Crippen molar-refractivity contribution in [1.29, 1.82) is 0 Å². The Hall–Kier alpha value is -3.19. The van der Waals surface area contributed by atoms with Crippen molar-refractivity contribution in [3.8, 4) is 5.75 Å². The van der Waals surface area contributed by atoms with E-state index in [2.05, 4.69) is 5.32 Å². The Morgan fingerprint density at radius 3 is 2.60 bits per heavy atom. The van der Waals surface area contributed by atoms with Crippen molar-refractivity contribution in [3.63, 3.8) is 0 Å². The normalized spacial score (nSPS) is 17.9. The van der Waals surface area contributed by atoms with Crippen LogP contribution in [-0.4, -0.2) is 55.5 Å². The van der Waals surface area contributed by atoms with Gasteiger partial charge in [0.15, 0.2) is 0 Å². The number of hydrogen-bond acceptors (Lipinski definition) is 5. The van der Waals surface area contributed by atoms with Crippen molar-refractivity contribution in [2.75, 3.05) is 26.8 Å². The fraction of sp³-hybridized carbons (Fsp3) is 0.348. The predicted octanol–water partition coefficient (Wildman–Crippen LogP) is 2.44. The molecule has 1 saturated heterocycles. The number of amides is 3. The Bertz CT molecular complexity index is 964. The maximum Gasteiger partial charge on any atom is 0.261 e. The summed E-state index contributed by atoms with van der Waals surface area (Å²) in [5.74, 6) is -0.173. The first kappa shape index (κ1) is 20.1. The first-order chi connectivity index (χ1) is 14.6. The SMILES string of the molecule is COc1ccc(CCNC(=O)c2ccc3c(c2)C(=O)N(CC2CCCO2)C3=O)cc1. The summed E-state index contributed by atoms with van der Waals surface area (Å²) in [4.78, 5) is 39.1. The van der Waals surface area contributed by atoms with Gasteiger partial charge < -0.3 is 14.8 Å². The standard InChI is InChI=1S/C23H24N2O5/c1-29-17-7-4-15(5-8-17)10-11-24-21(26)16-6-9-19-20(13-16)23(28)25(22(19)27)14-18-3-2-12-30-18/h4-9,13,18H,2-3,10-12,14H2,1H3,(H,24,26). The van der Waals surface area contributed by atoms with E-state index >= 15 is 0 Å². The Kier molecular flexibility index (Phi) is 5.81. The van der Waals surface area contributed by atoms with Crippen LogP contribution in [0.15, 0.2) is 42.5 Å². The van der Waals surface area contributed by atoms with Gasteiger partial charge in [-0.2, -0.15) is 0 Å². The minimum Gasteiger partial charge on any atom is -0.497 e. The summed E-state index contributed by atoms with van der Waals surface area (Å²) in [5, 5.41) is 2.86. The molecule has 1 fully saturated rings. The maximum absolute atomic E-state index is 12.7. The lowest BCUT2D eigenvalue weighted by Gasteiger charge is -2.17. The van der Waals surface area contributed by atoms with Crippen LogP contribution in [0.2, 0.25) is 0 Å². The van der Waals surface area contributed by atoms with E-state index in [-0.39, 0.29) is 35.9 Å². The molecule has 2 aromatic rings. The molecule has 2 aliphatic heterocycles. The average Bonchev–Trinajstić information content (AvgIpc) is 3.37. The van der Waals surface area contributed by atoms with Gasteiger partial charge in [-0.1, -0.05) is 12.1 Å². The lowest BCUT2D eigenvalue weighted by molar-refractivity contribution is 0.0475. The highest BCUT2D eigenvalue weighted by Gasteiger charge is 2.37. The van der Waals surface area contributed by atoms with Crippen LogP contribution in [0.5, 0.6) is 5.75 Å². The number of benzene rings is 2. The van der Waals surface area contributed by atoms with Gasteiger partial charge in [-0.3, -0.25) is 19.3 Å². The minimum atomic E-state index is -0.363. The maximum atomic E-state index is 12.7. The molecule has 0 bridgehead atoms. The lowest BCUT2D eigenvalue weighted by Crippen LogP contribution is -2.36. The minimum absolute atomic E-state index is 0.104. The van der Waals surface area contributed by atoms with E-state index in [9.17, 15) is 14.4 Å². The van der Waals surface area contributed by atoms with Gasteiger partial charge in [0.05, 0.1) is 30.9 Å². The van der Waals surface area contributed by atoms with Crippen LogP contribution in [0.25, 0.3) is 0 Å². The molecule has 0 radical (unpaired) electrons. The number of ether oxygens (including phenoxy) is 2. The van der Waals surface area contributed by atoms with Gasteiger partial charge in [-0.25, -0.2) is 0 Å². The number of nitrogens with one attached hydrogen (secondary N) is 1. The van der Waals surface area contributed by atoms with E-state index in [1.54, 1.807) is 19.2 Å². The Labute approximate surface area is 175 Å². The number of carbonyl (C=O) groups is 3. The number of imide groups is 1. The monoisotopic (exact) mass is 408 g/mol. The zero-order chi connectivity index (χ0) is 21.1. The van der Waals surface area contributed by atoms with Gasteiger partial charge in [0.25, 0.3) is 17.7 Å². The molecule has 1 N–H and O–H groups in total. The van der Waals surface area contributed by atoms with E-state index in [4.69, 9.17) is 9.47 Å². The third-order valence-corrected chi connectivity index (χ3v) is 5.50. The quantitative estimate of drug-likeness (QED) is 0.712. The topological polar surface area (TPSA) is 84.9 Å². The summed E-state index contributed by atoms with van der Waals surface area (Å²) in [5.41, 5.74) is 2.06. The first-order valence-electron chi connectivity index (χ1n) is 10.1. The van der Waals surface area contributed by atoms with Crippen LogP contribution in [0, 0.1) is 0 Å². The van der Waals surface area contributed by atoms with Crippen molar-refractivity contribution in [2.24, 2.45) is 0 Å². The fourth-order valence-corrected chi connectivity index (χ4v) is 3.80. The van der Waals surface area contributed by atoms with Crippen LogP contribution < -0.4 is 10.1 Å². The summed E-state index contributed by atoms with van der Waals surface area (Å²) in [6, 6.07) is 12.3. The van der Waals surface area contributed by atoms with Crippen molar-refractivity contribution in [3.05, 3.63) is 64.7 Å². The van der Waals surface area contributed by atoms with Crippen molar-refractivity contribution >= 4 is 17.7 Å². The van der Waals surface area contributed by atoms with Gasteiger partial charge in [0.1, 0.15) is 5.75 Å². The van der Waals surface area contributed by atoms with Gasteiger partial charge >= 0.3 is 0 Å². The van der Waals surface area contributed by atoms with E-state index < -0.39 is 0 Å². The second kappa shape index (κ2) is 8.67. The van der Waals surface area contributed by atoms with Crippen molar-refractivity contribution in [2.45, 2.75) is 25.4 Å². The molecule has 3 amide bonds. The lowest BCUT2D eigenvalue weighted by atomic mass is 10.1. The molecule has 2 aromatic carbocycles. The van der Waals surface area contributed by atoms with Crippen LogP contribution in [0.4, 0.5) is 0 Å². The van der Waals surface area contributed by atoms with Crippen LogP contribution >= 0.6 is 0 Å². The van der Waals surface area contributed by atoms with Gasteiger partial charge in [0, 0.05) is 18.7 Å². The molecule has 0 aromatic heterocycles. The van der Waals surface area contributed by atoms with Gasteiger partial charge in [-0.05, 0) is 55.2 Å². The highest BCUT2D eigenvalue weighted by molar-refractivity contribution is 6.22. The zero-order valence-electron chi connectivity index (χ0n) is 16.8. The smallest absolute Gasteiger partial charge is 0.261 e. The third-order valence-electron chi connectivity index (χ3n) is 5.50. The predicted molar refractivity (Wildman–Crippen MR) is 110 cm³/mol. The Morgan fingerprint density at radius 2 is 1.90 bits per heavy atom. The molecule has 0 aliphatic carbocycles. The third kappa shape index (κ3) is 4.07. The Balaban J connectivity index is 1.38. The van der Waals surface area contributed by atoms with E-state index in [0.29, 0.717) is 30.7 Å². The molecular weight excluding hydrogens is 384 g/mol. The Morgan fingerprint density at radius 1 is 1.13 bits per heavy atom. The van der Waals surface area contributed by atoms with Gasteiger partial charge in [0.2, 0.25) is 0 Å². The van der Waals surface area contributed by atoms with Crippen LogP contribution in [-0.2, 0) is 11.2 Å². The largest absolute Gasteiger partial charge is 0.497 e. The number of rotatable bonds is 7. The van der Waals surface area contributed by atoms with Crippen molar-refractivity contribution in [1.82, 2.24) is 10.2 Å². The molecule has 1 unspecified atom stereocenters. The summed E-state index contributed by atoms with van der Waals surface area (Å²) in [6.45, 7) is 1.38. The molecule has 2 aliphatic rings. The number of fused-ring (bicyclic) bond motifs is 1. The number of carbonyl (C=O) groups excluding carboxylic acids is 3. The second-order valence-electron chi connectivity index (χ2n) is 7.47. The number of hydrogen-bond donors (Lipinski definition) is 1. The highest BCUT2D eigenvalue weighted by atomic mass is 16.5. The molecule has 2 heterocycles. The molecule has 7 nitrogen and oxygen atoms in total. The average molecular weight is 408 g/mol. The molecule has 0 saturated carbocycles. The zero-order valence-corrected chi connectivity index (χ0v) is 16.8. The highest BCUT2D eigenvalue weighted by Crippen LogP contribution is 2.26. The fourth-order valence-electron chi connectivity index (χ4n) is 3.80. The van der Waals surface area contributed by atoms with E-state index in [0.717, 1.165) is 24.2 Å². The summed E-state index contributed by atoms with van der Waals surface area (Å²) >= 11 is 0.